The first kappa shape index (κ1) is 18.9. The third kappa shape index (κ3) is 5.06. The molecule has 26 heavy (non-hydrogen) atoms. The predicted octanol–water partition coefficient (Wildman–Crippen LogP) is 3.72. The van der Waals surface area contributed by atoms with Gasteiger partial charge in [-0.25, -0.2) is 0 Å². The highest BCUT2D eigenvalue weighted by Gasteiger charge is 2.16. The maximum Gasteiger partial charge on any atom is 0.230 e. The van der Waals surface area contributed by atoms with Crippen molar-refractivity contribution in [3.63, 3.8) is 0 Å². The van der Waals surface area contributed by atoms with Crippen molar-refractivity contribution >= 4 is 17.7 Å². The Kier molecular flexibility index (Phi) is 6.66. The number of rotatable bonds is 6. The lowest BCUT2D eigenvalue weighted by molar-refractivity contribution is -0.119. The largest absolute Gasteiger partial charge is 0.353 e. The first-order chi connectivity index (χ1) is 12.6. The summed E-state index contributed by atoms with van der Waals surface area (Å²) in [5, 5.41) is 15.7. The van der Waals surface area contributed by atoms with Crippen LogP contribution in [0.2, 0.25) is 0 Å². The fraction of sp³-hybridized carbons (Fsp3) is 0.579. The van der Waals surface area contributed by atoms with E-state index < -0.39 is 0 Å². The van der Waals surface area contributed by atoms with Crippen LogP contribution in [0.3, 0.4) is 0 Å². The van der Waals surface area contributed by atoms with E-state index in [2.05, 4.69) is 46.8 Å². The van der Waals surface area contributed by atoms with Crippen molar-refractivity contribution in [1.82, 2.24) is 25.5 Å². The Morgan fingerprint density at radius 2 is 1.88 bits per heavy atom. The van der Waals surface area contributed by atoms with Gasteiger partial charge in [0.25, 0.3) is 0 Å². The van der Waals surface area contributed by atoms with Gasteiger partial charge in [-0.05, 0) is 46.9 Å². The van der Waals surface area contributed by atoms with E-state index in [9.17, 15) is 4.79 Å². The Balaban J connectivity index is 1.57. The van der Waals surface area contributed by atoms with Gasteiger partial charge in [0, 0.05) is 6.04 Å². The normalized spacial score (nSPS) is 15.8. The average Bonchev–Trinajstić information content (AvgIpc) is 2.96. The molecule has 1 saturated carbocycles. The summed E-state index contributed by atoms with van der Waals surface area (Å²) in [4.78, 5) is 12.3. The van der Waals surface area contributed by atoms with E-state index in [1.807, 2.05) is 12.1 Å². The molecule has 0 bridgehead atoms. The molecule has 1 fully saturated rings. The lowest BCUT2D eigenvalue weighted by Crippen LogP contribution is -2.35. The number of benzene rings is 1. The van der Waals surface area contributed by atoms with Crippen LogP contribution in [0.1, 0.15) is 63.9 Å². The topological polar surface area (TPSA) is 72.7 Å². The first-order valence-corrected chi connectivity index (χ1v) is 10.4. The molecule has 0 saturated heterocycles. The molecule has 1 heterocycles. The molecule has 0 unspecified atom stereocenters. The second kappa shape index (κ2) is 9.16. The van der Waals surface area contributed by atoms with Gasteiger partial charge in [0.2, 0.25) is 11.1 Å². The molecule has 1 N–H and O–H groups in total. The van der Waals surface area contributed by atoms with Crippen LogP contribution in [0.25, 0.3) is 5.69 Å². The standard InChI is InChI=1S/C19H27N5OS/c1-14(2)15-9-11-17(12-10-15)24-19(21-22-23-24)26-13-18(25)20-16-7-5-3-4-6-8-16/h9-12,14,16H,3-8,13H2,1-2H3,(H,20,25). The molecular weight excluding hydrogens is 346 g/mol. The third-order valence-electron chi connectivity index (χ3n) is 4.80. The summed E-state index contributed by atoms with van der Waals surface area (Å²) in [6, 6.07) is 8.54. The molecule has 2 aromatic rings. The Bertz CT molecular complexity index is 705. The lowest BCUT2D eigenvalue weighted by Gasteiger charge is -2.15. The lowest BCUT2D eigenvalue weighted by atomic mass is 10.0. The van der Waals surface area contributed by atoms with Gasteiger partial charge < -0.3 is 5.32 Å². The Hall–Kier alpha value is -1.89. The van der Waals surface area contributed by atoms with Crippen LogP contribution < -0.4 is 5.32 Å². The molecule has 0 aliphatic heterocycles. The molecule has 3 rings (SSSR count). The maximum absolute atomic E-state index is 12.3. The van der Waals surface area contributed by atoms with Gasteiger partial charge in [0.15, 0.2) is 0 Å². The zero-order chi connectivity index (χ0) is 18.4. The minimum atomic E-state index is 0.0617. The van der Waals surface area contributed by atoms with Crippen LogP contribution in [0.4, 0.5) is 0 Å². The van der Waals surface area contributed by atoms with Crippen molar-refractivity contribution in [2.75, 3.05) is 5.75 Å². The van der Waals surface area contributed by atoms with Crippen molar-refractivity contribution in [1.29, 1.82) is 0 Å². The van der Waals surface area contributed by atoms with Crippen LogP contribution in [-0.4, -0.2) is 37.9 Å². The van der Waals surface area contributed by atoms with Crippen molar-refractivity contribution in [3.8, 4) is 5.69 Å². The van der Waals surface area contributed by atoms with E-state index in [4.69, 9.17) is 0 Å². The average molecular weight is 374 g/mol. The molecule has 0 atom stereocenters. The molecular formula is C19H27N5OS. The molecule has 1 aromatic heterocycles. The number of aromatic nitrogens is 4. The quantitative estimate of drug-likeness (QED) is 0.617. The maximum atomic E-state index is 12.3. The zero-order valence-electron chi connectivity index (χ0n) is 15.5. The van der Waals surface area contributed by atoms with E-state index in [1.165, 1.54) is 43.0 Å². The summed E-state index contributed by atoms with van der Waals surface area (Å²) < 4.78 is 1.69. The first-order valence-electron chi connectivity index (χ1n) is 9.44. The molecule has 1 aliphatic carbocycles. The highest BCUT2D eigenvalue weighted by molar-refractivity contribution is 7.99. The number of nitrogens with zero attached hydrogens (tertiary/aromatic N) is 4. The number of tetrazole rings is 1. The SMILES string of the molecule is CC(C)c1ccc(-n2nnnc2SCC(=O)NC2CCCCCC2)cc1. The van der Waals surface area contributed by atoms with Crippen LogP contribution in [0, 0.1) is 0 Å². The number of nitrogens with one attached hydrogen (secondary N) is 1. The fourth-order valence-corrected chi connectivity index (χ4v) is 3.96. The highest BCUT2D eigenvalue weighted by Crippen LogP contribution is 2.21. The van der Waals surface area contributed by atoms with E-state index in [1.54, 1.807) is 4.68 Å². The van der Waals surface area contributed by atoms with Gasteiger partial charge in [-0.1, -0.05) is 63.4 Å². The Morgan fingerprint density at radius 3 is 2.54 bits per heavy atom. The molecule has 1 aliphatic rings. The van der Waals surface area contributed by atoms with E-state index >= 15 is 0 Å². The van der Waals surface area contributed by atoms with Gasteiger partial charge in [-0.15, -0.1) is 5.10 Å². The summed E-state index contributed by atoms with van der Waals surface area (Å²) in [5.74, 6) is 0.882. The van der Waals surface area contributed by atoms with Gasteiger partial charge in [0.05, 0.1) is 11.4 Å². The monoisotopic (exact) mass is 373 g/mol. The van der Waals surface area contributed by atoms with Crippen LogP contribution in [0.5, 0.6) is 0 Å². The van der Waals surface area contributed by atoms with Crippen LogP contribution in [-0.2, 0) is 4.79 Å². The summed E-state index contributed by atoms with van der Waals surface area (Å²) >= 11 is 1.38. The van der Waals surface area contributed by atoms with Crippen molar-refractivity contribution in [2.24, 2.45) is 0 Å². The van der Waals surface area contributed by atoms with Crippen LogP contribution in [0.15, 0.2) is 29.4 Å². The molecule has 1 aromatic carbocycles. The van der Waals surface area contributed by atoms with Crippen molar-refractivity contribution in [3.05, 3.63) is 29.8 Å². The summed E-state index contributed by atoms with van der Waals surface area (Å²) in [6.45, 7) is 4.33. The molecule has 0 radical (unpaired) electrons. The number of amides is 1. The smallest absolute Gasteiger partial charge is 0.230 e. The predicted molar refractivity (Wildman–Crippen MR) is 104 cm³/mol. The molecule has 140 valence electrons. The third-order valence-corrected chi connectivity index (χ3v) is 5.72. The van der Waals surface area contributed by atoms with Crippen LogP contribution >= 0.6 is 11.8 Å². The summed E-state index contributed by atoms with van der Waals surface area (Å²) in [6.07, 6.45) is 7.18. The number of carbonyl (C=O) groups excluding carboxylic acids is 1. The van der Waals surface area contributed by atoms with Gasteiger partial charge in [0.1, 0.15) is 0 Å². The molecule has 0 spiro atoms. The number of hydrogen-bond donors (Lipinski definition) is 1. The number of hydrogen-bond acceptors (Lipinski definition) is 5. The molecule has 7 heteroatoms. The summed E-state index contributed by atoms with van der Waals surface area (Å²) in [5.41, 5.74) is 2.19. The van der Waals surface area contributed by atoms with E-state index in [0.717, 1.165) is 18.5 Å². The second-order valence-electron chi connectivity index (χ2n) is 7.16. The van der Waals surface area contributed by atoms with Gasteiger partial charge in [-0.3, -0.25) is 4.79 Å². The second-order valence-corrected chi connectivity index (χ2v) is 8.11. The molecule has 6 nitrogen and oxygen atoms in total. The fourth-order valence-electron chi connectivity index (χ4n) is 3.25. The zero-order valence-corrected chi connectivity index (χ0v) is 16.3. The Morgan fingerprint density at radius 1 is 1.19 bits per heavy atom. The van der Waals surface area contributed by atoms with E-state index in [-0.39, 0.29) is 5.91 Å². The number of thioether (sulfide) groups is 1. The molecule has 1 amide bonds. The van der Waals surface area contributed by atoms with Gasteiger partial charge in [-0.2, -0.15) is 4.68 Å². The van der Waals surface area contributed by atoms with E-state index in [0.29, 0.717) is 22.9 Å². The van der Waals surface area contributed by atoms with Gasteiger partial charge >= 0.3 is 0 Å². The minimum absolute atomic E-state index is 0.0617. The summed E-state index contributed by atoms with van der Waals surface area (Å²) in [7, 11) is 0. The highest BCUT2D eigenvalue weighted by atomic mass is 32.2. The minimum Gasteiger partial charge on any atom is -0.353 e. The number of carbonyl (C=O) groups is 1. The Labute approximate surface area is 159 Å². The van der Waals surface area contributed by atoms with Crippen molar-refractivity contribution < 1.29 is 4.79 Å². The van der Waals surface area contributed by atoms with Crippen molar-refractivity contribution in [2.45, 2.75) is 69.5 Å².